The van der Waals surface area contributed by atoms with E-state index < -0.39 is 0 Å². The highest BCUT2D eigenvalue weighted by molar-refractivity contribution is 5.92. The molecule has 5 rings (SSSR count). The van der Waals surface area contributed by atoms with E-state index in [1.165, 1.54) is 4.90 Å². The van der Waals surface area contributed by atoms with Gasteiger partial charge < -0.3 is 5.32 Å². The standard InChI is InChI=1S/C22H17N7O/c30-14-29(21-12-19(27-28-21)15-5-2-1-3-6-15)20-7-4-10-23-22(20)25-17-9-8-16-13-24-26-18(16)11-17/h1-14H,(H,23,25)(H,24,26)(H,27,28). The van der Waals surface area contributed by atoms with Crippen molar-refractivity contribution in [1.82, 2.24) is 25.4 Å². The van der Waals surface area contributed by atoms with Gasteiger partial charge in [0.1, 0.15) is 5.82 Å². The van der Waals surface area contributed by atoms with Crippen LogP contribution in [0, 0.1) is 0 Å². The summed E-state index contributed by atoms with van der Waals surface area (Å²) in [5.41, 5.74) is 4.04. The number of pyridine rings is 1. The van der Waals surface area contributed by atoms with Crippen molar-refractivity contribution >= 4 is 40.3 Å². The Morgan fingerprint density at radius 2 is 1.87 bits per heavy atom. The van der Waals surface area contributed by atoms with Crippen molar-refractivity contribution in [2.24, 2.45) is 0 Å². The molecule has 3 heterocycles. The summed E-state index contributed by atoms with van der Waals surface area (Å²) in [7, 11) is 0. The number of hydrogen-bond acceptors (Lipinski definition) is 5. The second-order valence-corrected chi connectivity index (χ2v) is 6.65. The number of fused-ring (bicyclic) bond motifs is 1. The topological polar surface area (TPSA) is 103 Å². The van der Waals surface area contributed by atoms with Gasteiger partial charge in [0, 0.05) is 28.9 Å². The summed E-state index contributed by atoms with van der Waals surface area (Å²) in [6.07, 6.45) is 4.18. The number of nitrogens with one attached hydrogen (secondary N) is 3. The zero-order valence-electron chi connectivity index (χ0n) is 15.8. The molecule has 0 spiro atoms. The molecule has 0 aliphatic rings. The number of rotatable bonds is 6. The number of nitrogens with zero attached hydrogens (tertiary/aromatic N) is 4. The molecule has 8 heteroatoms. The minimum absolute atomic E-state index is 0.541. The molecule has 8 nitrogen and oxygen atoms in total. The van der Waals surface area contributed by atoms with E-state index in [4.69, 9.17) is 0 Å². The Bertz CT molecular complexity index is 1310. The summed E-state index contributed by atoms with van der Waals surface area (Å²) >= 11 is 0. The molecular formula is C22H17N7O. The van der Waals surface area contributed by atoms with Crippen LogP contribution >= 0.6 is 0 Å². The largest absolute Gasteiger partial charge is 0.338 e. The van der Waals surface area contributed by atoms with Crippen molar-refractivity contribution in [3.05, 3.63) is 79.1 Å². The van der Waals surface area contributed by atoms with E-state index in [2.05, 4.69) is 30.7 Å². The molecule has 3 N–H and O–H groups in total. The Labute approximate surface area is 171 Å². The number of anilines is 4. The second-order valence-electron chi connectivity index (χ2n) is 6.65. The van der Waals surface area contributed by atoms with Gasteiger partial charge in [-0.05, 0) is 30.3 Å². The number of hydrogen-bond donors (Lipinski definition) is 3. The second kappa shape index (κ2) is 7.51. The molecule has 2 aromatic carbocycles. The fourth-order valence-corrected chi connectivity index (χ4v) is 3.27. The van der Waals surface area contributed by atoms with Crippen molar-refractivity contribution in [2.75, 3.05) is 10.2 Å². The van der Waals surface area contributed by atoms with Crippen LogP contribution in [0.25, 0.3) is 22.2 Å². The molecule has 0 saturated heterocycles. The van der Waals surface area contributed by atoms with E-state index in [1.807, 2.05) is 60.7 Å². The van der Waals surface area contributed by atoms with Crippen LogP contribution < -0.4 is 10.2 Å². The third-order valence-corrected chi connectivity index (χ3v) is 4.75. The summed E-state index contributed by atoms with van der Waals surface area (Å²) in [4.78, 5) is 17.9. The maximum Gasteiger partial charge on any atom is 0.220 e. The van der Waals surface area contributed by atoms with Crippen LogP contribution in [-0.2, 0) is 4.79 Å². The Kier molecular flexibility index (Phi) is 4.41. The van der Waals surface area contributed by atoms with Crippen LogP contribution in [0.5, 0.6) is 0 Å². The highest BCUT2D eigenvalue weighted by atomic mass is 16.1. The molecule has 0 atom stereocenters. The highest BCUT2D eigenvalue weighted by Crippen LogP contribution is 2.32. The molecule has 3 aromatic heterocycles. The molecule has 30 heavy (non-hydrogen) atoms. The van der Waals surface area contributed by atoms with Crippen LogP contribution in [0.15, 0.2) is 79.1 Å². The van der Waals surface area contributed by atoms with Gasteiger partial charge in [0.25, 0.3) is 0 Å². The van der Waals surface area contributed by atoms with Crippen molar-refractivity contribution in [1.29, 1.82) is 0 Å². The number of carbonyl (C=O) groups is 1. The molecule has 0 fully saturated rings. The van der Waals surface area contributed by atoms with E-state index in [-0.39, 0.29) is 0 Å². The monoisotopic (exact) mass is 395 g/mol. The minimum atomic E-state index is 0.541. The average molecular weight is 395 g/mol. The maximum atomic E-state index is 12.0. The van der Waals surface area contributed by atoms with Crippen molar-refractivity contribution in [3.63, 3.8) is 0 Å². The van der Waals surface area contributed by atoms with Gasteiger partial charge in [0.15, 0.2) is 5.82 Å². The summed E-state index contributed by atoms with van der Waals surface area (Å²) in [6, 6.07) is 21.0. The third-order valence-electron chi connectivity index (χ3n) is 4.75. The summed E-state index contributed by atoms with van der Waals surface area (Å²) in [5.74, 6) is 1.09. The Hall–Kier alpha value is -4.46. The predicted molar refractivity (Wildman–Crippen MR) is 116 cm³/mol. The lowest BCUT2D eigenvalue weighted by Crippen LogP contribution is -2.16. The van der Waals surface area contributed by atoms with Gasteiger partial charge in [-0.25, -0.2) is 4.98 Å². The van der Waals surface area contributed by atoms with Crippen LogP contribution in [0.3, 0.4) is 0 Å². The molecular weight excluding hydrogens is 378 g/mol. The van der Waals surface area contributed by atoms with Crippen molar-refractivity contribution in [2.45, 2.75) is 0 Å². The van der Waals surface area contributed by atoms with Gasteiger partial charge in [0.05, 0.1) is 23.1 Å². The lowest BCUT2D eigenvalue weighted by Gasteiger charge is -2.18. The highest BCUT2D eigenvalue weighted by Gasteiger charge is 2.17. The first-order valence-electron chi connectivity index (χ1n) is 9.32. The minimum Gasteiger partial charge on any atom is -0.338 e. The van der Waals surface area contributed by atoms with E-state index in [0.717, 1.165) is 34.3 Å². The normalized spacial score (nSPS) is 10.8. The van der Waals surface area contributed by atoms with Crippen molar-refractivity contribution in [3.8, 4) is 11.3 Å². The molecule has 146 valence electrons. The fourth-order valence-electron chi connectivity index (χ4n) is 3.27. The summed E-state index contributed by atoms with van der Waals surface area (Å²) in [5, 5.41) is 18.6. The molecule has 0 saturated carbocycles. The predicted octanol–water partition coefficient (Wildman–Crippen LogP) is 4.39. The molecule has 5 aromatic rings. The first-order valence-corrected chi connectivity index (χ1v) is 9.32. The molecule has 0 unspecified atom stereocenters. The lowest BCUT2D eigenvalue weighted by atomic mass is 10.1. The van der Waals surface area contributed by atoms with Crippen LogP contribution in [-0.4, -0.2) is 31.8 Å². The van der Waals surface area contributed by atoms with Gasteiger partial charge in [-0.15, -0.1) is 0 Å². The van der Waals surface area contributed by atoms with Gasteiger partial charge >= 0.3 is 0 Å². The van der Waals surface area contributed by atoms with Gasteiger partial charge in [-0.2, -0.15) is 10.2 Å². The SMILES string of the molecule is O=CN(c1cc(-c2ccccc2)n[nH]1)c1cccnc1Nc1ccc2cn[nH]c2c1. The average Bonchev–Trinajstić information content (AvgIpc) is 3.46. The third kappa shape index (κ3) is 3.26. The van der Waals surface area contributed by atoms with E-state index >= 15 is 0 Å². The van der Waals surface area contributed by atoms with E-state index in [0.29, 0.717) is 17.3 Å². The Morgan fingerprint density at radius 1 is 0.967 bits per heavy atom. The first-order chi connectivity index (χ1) is 14.8. The van der Waals surface area contributed by atoms with Crippen LogP contribution in [0.1, 0.15) is 0 Å². The quantitative estimate of drug-likeness (QED) is 0.370. The van der Waals surface area contributed by atoms with Crippen LogP contribution in [0.4, 0.5) is 23.0 Å². The zero-order chi connectivity index (χ0) is 20.3. The van der Waals surface area contributed by atoms with Gasteiger partial charge in [-0.1, -0.05) is 30.3 Å². The van der Waals surface area contributed by atoms with Gasteiger partial charge in [-0.3, -0.25) is 19.9 Å². The zero-order valence-corrected chi connectivity index (χ0v) is 15.8. The van der Waals surface area contributed by atoms with E-state index in [9.17, 15) is 4.79 Å². The fraction of sp³-hybridized carbons (Fsp3) is 0. The number of benzene rings is 2. The van der Waals surface area contributed by atoms with Gasteiger partial charge in [0.2, 0.25) is 6.41 Å². The maximum absolute atomic E-state index is 12.0. The summed E-state index contributed by atoms with van der Waals surface area (Å²) < 4.78 is 0. The lowest BCUT2D eigenvalue weighted by molar-refractivity contribution is -0.106. The van der Waals surface area contributed by atoms with E-state index in [1.54, 1.807) is 18.5 Å². The molecule has 0 bridgehead atoms. The van der Waals surface area contributed by atoms with Crippen molar-refractivity contribution < 1.29 is 4.79 Å². The number of carbonyl (C=O) groups excluding carboxylic acids is 1. The van der Waals surface area contributed by atoms with Crippen LogP contribution in [0.2, 0.25) is 0 Å². The Balaban J connectivity index is 1.48. The summed E-state index contributed by atoms with van der Waals surface area (Å²) in [6.45, 7) is 0. The molecule has 0 aliphatic heterocycles. The smallest absolute Gasteiger partial charge is 0.220 e. The molecule has 1 amide bonds. The Morgan fingerprint density at radius 3 is 2.73 bits per heavy atom. The molecule has 0 radical (unpaired) electrons. The number of aromatic nitrogens is 5. The number of H-pyrrole nitrogens is 2. The number of amides is 1. The first kappa shape index (κ1) is 17.6. The molecule has 0 aliphatic carbocycles. The number of aromatic amines is 2.